The number of nitriles is 1. The Balaban J connectivity index is 1.37. The van der Waals surface area contributed by atoms with Gasteiger partial charge in [0.2, 0.25) is 5.91 Å². The molecule has 2 aromatic carbocycles. The molecule has 0 saturated carbocycles. The number of carbonyl (C=O) groups excluding carboxylic acids is 2. The molecule has 1 aliphatic rings. The molecule has 0 fully saturated rings. The highest BCUT2D eigenvalue weighted by Crippen LogP contribution is 2.38. The molecule has 220 valence electrons. The predicted molar refractivity (Wildman–Crippen MR) is 173 cm³/mol. The molecular formula is C30H33N5O4S3. The number of fused-ring (bicyclic) bond motifs is 1. The van der Waals surface area contributed by atoms with Crippen molar-refractivity contribution in [3.8, 4) is 11.8 Å². The molecule has 1 aliphatic heterocycles. The van der Waals surface area contributed by atoms with Crippen LogP contribution in [-0.4, -0.2) is 46.5 Å². The number of benzene rings is 2. The molecule has 9 nitrogen and oxygen atoms in total. The van der Waals surface area contributed by atoms with E-state index in [1.54, 1.807) is 12.0 Å². The van der Waals surface area contributed by atoms with E-state index in [4.69, 9.17) is 21.7 Å². The lowest BCUT2D eigenvalue weighted by Gasteiger charge is -2.29. The molecule has 0 radical (unpaired) electrons. The number of thioether (sulfide) groups is 1. The molecule has 0 saturated heterocycles. The molecule has 0 bridgehead atoms. The molecule has 1 unspecified atom stereocenters. The average Bonchev–Trinajstić information content (AvgIpc) is 3.28. The van der Waals surface area contributed by atoms with Crippen LogP contribution in [0.1, 0.15) is 43.7 Å². The fourth-order valence-corrected chi connectivity index (χ4v) is 6.61. The first kappa shape index (κ1) is 31.2. The summed E-state index contributed by atoms with van der Waals surface area (Å²) in [5.41, 5.74) is 2.28. The van der Waals surface area contributed by atoms with E-state index in [2.05, 4.69) is 22.0 Å². The lowest BCUT2D eigenvalue weighted by atomic mass is 10.0. The van der Waals surface area contributed by atoms with Crippen LogP contribution in [-0.2, 0) is 22.5 Å². The molecule has 0 spiro atoms. The number of nitrogens with one attached hydrogen (secondary N) is 3. The third-order valence-electron chi connectivity index (χ3n) is 6.19. The average molecular weight is 624 g/mol. The van der Waals surface area contributed by atoms with E-state index in [0.29, 0.717) is 40.9 Å². The number of ether oxygens (including phenoxy) is 2. The van der Waals surface area contributed by atoms with Gasteiger partial charge in [0.15, 0.2) is 5.11 Å². The van der Waals surface area contributed by atoms with Crippen LogP contribution in [0.15, 0.2) is 53.4 Å². The van der Waals surface area contributed by atoms with Gasteiger partial charge in [-0.05, 0) is 82.2 Å². The zero-order valence-electron chi connectivity index (χ0n) is 24.1. The van der Waals surface area contributed by atoms with Crippen LogP contribution < -0.4 is 20.7 Å². The maximum absolute atomic E-state index is 13.2. The second-order valence-electron chi connectivity index (χ2n) is 10.5. The van der Waals surface area contributed by atoms with E-state index >= 15 is 0 Å². The van der Waals surface area contributed by atoms with Gasteiger partial charge in [0.25, 0.3) is 0 Å². The van der Waals surface area contributed by atoms with Gasteiger partial charge in [0.05, 0.1) is 30.2 Å². The van der Waals surface area contributed by atoms with Gasteiger partial charge in [0.1, 0.15) is 22.4 Å². The molecule has 3 N–H and O–H groups in total. The summed E-state index contributed by atoms with van der Waals surface area (Å²) >= 11 is 8.21. The van der Waals surface area contributed by atoms with Gasteiger partial charge in [-0.1, -0.05) is 18.2 Å². The van der Waals surface area contributed by atoms with E-state index in [9.17, 15) is 14.9 Å². The van der Waals surface area contributed by atoms with Crippen molar-refractivity contribution in [2.75, 3.05) is 29.6 Å². The molecule has 3 aromatic rings. The zero-order valence-corrected chi connectivity index (χ0v) is 26.5. The van der Waals surface area contributed by atoms with Crippen LogP contribution >= 0.6 is 35.3 Å². The van der Waals surface area contributed by atoms with E-state index in [1.165, 1.54) is 23.1 Å². The van der Waals surface area contributed by atoms with Crippen molar-refractivity contribution in [1.82, 2.24) is 4.90 Å². The number of hydrogen-bond donors (Lipinski definition) is 3. The Morgan fingerprint density at radius 1 is 1.14 bits per heavy atom. The van der Waals surface area contributed by atoms with Gasteiger partial charge in [-0.25, -0.2) is 4.79 Å². The molecule has 12 heteroatoms. The molecule has 1 atom stereocenters. The van der Waals surface area contributed by atoms with Crippen molar-refractivity contribution >= 4 is 68.8 Å². The summed E-state index contributed by atoms with van der Waals surface area (Å²) in [7, 11) is 1.60. The van der Waals surface area contributed by atoms with Gasteiger partial charge in [-0.2, -0.15) is 5.26 Å². The van der Waals surface area contributed by atoms with Crippen molar-refractivity contribution in [2.45, 2.75) is 56.4 Å². The van der Waals surface area contributed by atoms with Gasteiger partial charge in [-0.3, -0.25) is 4.79 Å². The summed E-state index contributed by atoms with van der Waals surface area (Å²) in [6.07, 6.45) is 0.144. The third-order valence-corrected chi connectivity index (χ3v) is 8.62. The van der Waals surface area contributed by atoms with Crippen molar-refractivity contribution in [3.63, 3.8) is 0 Å². The van der Waals surface area contributed by atoms with Crippen molar-refractivity contribution < 1.29 is 19.1 Å². The molecule has 0 aliphatic carbocycles. The summed E-state index contributed by atoms with van der Waals surface area (Å²) in [5.74, 6) is 0.461. The van der Waals surface area contributed by atoms with Crippen LogP contribution in [0.4, 0.5) is 21.2 Å². The Hall–Kier alpha value is -3.79. The van der Waals surface area contributed by atoms with Crippen LogP contribution in [0.25, 0.3) is 0 Å². The van der Waals surface area contributed by atoms with Gasteiger partial charge >= 0.3 is 6.09 Å². The minimum atomic E-state index is -0.591. The second-order valence-corrected chi connectivity index (χ2v) is 13.5. The highest BCUT2D eigenvalue weighted by molar-refractivity contribution is 8.00. The number of methoxy groups -OCH3 is 1. The van der Waals surface area contributed by atoms with Gasteiger partial charge in [0, 0.05) is 22.0 Å². The normalized spacial score (nSPS) is 13.3. The number of para-hydroxylation sites is 2. The number of amides is 2. The highest BCUT2D eigenvalue weighted by Gasteiger charge is 2.30. The number of nitrogens with zero attached hydrogens (tertiary/aromatic N) is 2. The van der Waals surface area contributed by atoms with Crippen LogP contribution in [0.5, 0.6) is 5.75 Å². The lowest BCUT2D eigenvalue weighted by Crippen LogP contribution is -2.39. The number of rotatable bonds is 7. The first-order chi connectivity index (χ1) is 20.0. The standard InChI is InChI=1S/C30H33N5O4S3/c1-18(41-20-10-8-9-19(15-20)32-28(40)33-23-11-6-7-12-24(23)38-5)26(36)34-27-22(16-31)21-13-14-35(17-25(21)42-27)29(37)39-30(2,3)4/h6-12,15,18H,13-14,17H2,1-5H3,(H,34,36)(H2,32,33,40). The fraction of sp³-hybridized carbons (Fsp3) is 0.333. The van der Waals surface area contributed by atoms with Crippen molar-refractivity contribution in [3.05, 3.63) is 64.5 Å². The summed E-state index contributed by atoms with van der Waals surface area (Å²) < 4.78 is 10.9. The fourth-order valence-electron chi connectivity index (χ4n) is 4.24. The Morgan fingerprint density at radius 2 is 1.90 bits per heavy atom. The monoisotopic (exact) mass is 623 g/mol. The third kappa shape index (κ3) is 7.94. The maximum Gasteiger partial charge on any atom is 0.410 e. The molecular weight excluding hydrogens is 591 g/mol. The molecule has 4 rings (SSSR count). The predicted octanol–water partition coefficient (Wildman–Crippen LogP) is 6.85. The Labute approximate surface area is 259 Å². The second kappa shape index (κ2) is 13.5. The molecule has 42 heavy (non-hydrogen) atoms. The quantitative estimate of drug-likeness (QED) is 0.192. The SMILES string of the molecule is COc1ccccc1NC(=S)Nc1cccc(SC(C)C(=O)Nc2sc3c(c2C#N)CCN(C(=O)OC(C)(C)C)C3)c1. The lowest BCUT2D eigenvalue weighted by molar-refractivity contribution is -0.115. The minimum absolute atomic E-state index is 0.217. The molecule has 2 amide bonds. The van der Waals surface area contributed by atoms with Gasteiger partial charge in [-0.15, -0.1) is 23.1 Å². The number of thiophene rings is 1. The van der Waals surface area contributed by atoms with Crippen LogP contribution in [0.2, 0.25) is 0 Å². The smallest absolute Gasteiger partial charge is 0.410 e. The summed E-state index contributed by atoms with van der Waals surface area (Å²) in [4.78, 5) is 29.1. The van der Waals surface area contributed by atoms with E-state index in [1.807, 2.05) is 76.2 Å². The summed E-state index contributed by atoms with van der Waals surface area (Å²) in [6.45, 7) is 8.10. The number of anilines is 3. The minimum Gasteiger partial charge on any atom is -0.495 e. The first-order valence-corrected chi connectivity index (χ1v) is 15.4. The topological polar surface area (TPSA) is 116 Å². The summed E-state index contributed by atoms with van der Waals surface area (Å²) in [5, 5.41) is 19.6. The van der Waals surface area contributed by atoms with Crippen LogP contribution in [0, 0.1) is 11.3 Å². The van der Waals surface area contributed by atoms with E-state index < -0.39 is 10.9 Å². The number of hydrogen-bond acceptors (Lipinski definition) is 8. The summed E-state index contributed by atoms with van der Waals surface area (Å²) in [6, 6.07) is 17.4. The Kier molecular flexibility index (Phi) is 9.98. The largest absolute Gasteiger partial charge is 0.495 e. The Morgan fingerprint density at radius 3 is 2.62 bits per heavy atom. The highest BCUT2D eigenvalue weighted by atomic mass is 32.2. The van der Waals surface area contributed by atoms with Crippen molar-refractivity contribution in [1.29, 1.82) is 5.26 Å². The van der Waals surface area contributed by atoms with E-state index in [-0.39, 0.29) is 12.0 Å². The van der Waals surface area contributed by atoms with E-state index in [0.717, 1.165) is 26.7 Å². The zero-order chi connectivity index (χ0) is 30.4. The first-order valence-electron chi connectivity index (χ1n) is 13.3. The number of thiocarbonyl (C=S) groups is 1. The molecule has 2 heterocycles. The molecule has 1 aromatic heterocycles. The van der Waals surface area contributed by atoms with Crippen molar-refractivity contribution in [2.24, 2.45) is 0 Å². The Bertz CT molecular complexity index is 1530. The van der Waals surface area contributed by atoms with Gasteiger partial charge < -0.3 is 30.3 Å². The maximum atomic E-state index is 13.2. The number of carbonyl (C=O) groups is 2. The van der Waals surface area contributed by atoms with Crippen LogP contribution in [0.3, 0.4) is 0 Å².